The van der Waals surface area contributed by atoms with Gasteiger partial charge in [0, 0.05) is 48.6 Å². The molecule has 0 bridgehead atoms. The van der Waals surface area contributed by atoms with Crippen LogP contribution in [0.4, 0.5) is 27.8 Å². The van der Waals surface area contributed by atoms with Crippen LogP contribution < -0.4 is 15.1 Å². The van der Waals surface area contributed by atoms with Crippen LogP contribution in [0.15, 0.2) is 30.7 Å². The molecule has 0 saturated carbocycles. The van der Waals surface area contributed by atoms with Crippen molar-refractivity contribution in [1.29, 1.82) is 0 Å². The summed E-state index contributed by atoms with van der Waals surface area (Å²) in [4.78, 5) is 21.5. The quantitative estimate of drug-likeness (QED) is 0.446. The van der Waals surface area contributed by atoms with Gasteiger partial charge in [0.2, 0.25) is 11.9 Å². The number of alkyl halides is 1. The second kappa shape index (κ2) is 10.1. The van der Waals surface area contributed by atoms with E-state index in [2.05, 4.69) is 63.1 Å². The second-order valence-corrected chi connectivity index (χ2v) is 13.6. The summed E-state index contributed by atoms with van der Waals surface area (Å²) in [6.07, 6.45) is 3.37. The predicted molar refractivity (Wildman–Crippen MR) is 151 cm³/mol. The molecule has 2 aromatic heterocycles. The SMILES string of the molecule is CC(C)c1ccc(N2C[C@H](CS(C)(=O)=O)[C@H]2C)c2cnc(Nc3ncnc(N4CC[C@@](C)(O)[C@@H](F)C4)n3)cc12. The van der Waals surface area contributed by atoms with E-state index in [1.54, 1.807) is 4.90 Å². The van der Waals surface area contributed by atoms with E-state index in [0.29, 0.717) is 30.8 Å². The maximum absolute atomic E-state index is 14.4. The van der Waals surface area contributed by atoms with Crippen LogP contribution >= 0.6 is 0 Å². The molecule has 3 aromatic rings. The molecule has 39 heavy (non-hydrogen) atoms. The largest absolute Gasteiger partial charge is 0.387 e. The number of hydrogen-bond acceptors (Lipinski definition) is 10. The summed E-state index contributed by atoms with van der Waals surface area (Å²) in [7, 11) is -3.03. The number of aromatic nitrogens is 4. The molecule has 4 atom stereocenters. The van der Waals surface area contributed by atoms with Gasteiger partial charge in [-0.1, -0.05) is 19.9 Å². The van der Waals surface area contributed by atoms with Crippen molar-refractivity contribution in [2.75, 3.05) is 46.8 Å². The third-order valence-electron chi connectivity index (χ3n) is 7.99. The Kier molecular flexibility index (Phi) is 7.13. The molecule has 0 spiro atoms. The molecule has 12 heteroatoms. The van der Waals surface area contributed by atoms with Crippen LogP contribution in [-0.2, 0) is 9.84 Å². The number of nitrogens with zero attached hydrogens (tertiary/aromatic N) is 6. The zero-order chi connectivity index (χ0) is 28.1. The molecule has 0 radical (unpaired) electrons. The van der Waals surface area contributed by atoms with Crippen LogP contribution in [-0.4, -0.2) is 82.9 Å². The van der Waals surface area contributed by atoms with Gasteiger partial charge in [-0.15, -0.1) is 0 Å². The van der Waals surface area contributed by atoms with Crippen molar-refractivity contribution < 1.29 is 17.9 Å². The topological polar surface area (TPSA) is 124 Å². The lowest BCUT2D eigenvalue weighted by molar-refractivity contribution is -0.0332. The second-order valence-electron chi connectivity index (χ2n) is 11.4. The first-order valence-electron chi connectivity index (χ1n) is 13.3. The Hall–Kier alpha value is -3.12. The zero-order valence-corrected chi connectivity index (χ0v) is 23.8. The summed E-state index contributed by atoms with van der Waals surface area (Å²) in [5, 5.41) is 15.4. The van der Waals surface area contributed by atoms with Gasteiger partial charge < -0.3 is 20.2 Å². The average Bonchev–Trinajstić information content (AvgIpc) is 2.86. The van der Waals surface area contributed by atoms with Crippen LogP contribution in [0.25, 0.3) is 10.8 Å². The van der Waals surface area contributed by atoms with E-state index in [4.69, 9.17) is 0 Å². The predicted octanol–water partition coefficient (Wildman–Crippen LogP) is 3.46. The average molecular weight is 558 g/mol. The van der Waals surface area contributed by atoms with Crippen LogP contribution in [0.3, 0.4) is 0 Å². The van der Waals surface area contributed by atoms with Crippen LogP contribution in [0.5, 0.6) is 0 Å². The smallest absolute Gasteiger partial charge is 0.233 e. The summed E-state index contributed by atoms with van der Waals surface area (Å²) in [6, 6.07) is 6.32. The molecule has 2 aliphatic heterocycles. The third-order valence-corrected chi connectivity index (χ3v) is 9.02. The van der Waals surface area contributed by atoms with Gasteiger partial charge in [-0.25, -0.2) is 27.8 Å². The van der Waals surface area contributed by atoms with E-state index in [0.717, 1.165) is 16.5 Å². The van der Waals surface area contributed by atoms with Crippen molar-refractivity contribution in [1.82, 2.24) is 19.9 Å². The molecular weight excluding hydrogens is 521 g/mol. The van der Waals surface area contributed by atoms with Crippen molar-refractivity contribution in [3.63, 3.8) is 0 Å². The Morgan fingerprint density at radius 1 is 1.21 bits per heavy atom. The van der Waals surface area contributed by atoms with E-state index >= 15 is 0 Å². The highest BCUT2D eigenvalue weighted by Gasteiger charge is 2.39. The number of nitrogens with one attached hydrogen (secondary N) is 1. The van der Waals surface area contributed by atoms with Crippen molar-refractivity contribution in [2.24, 2.45) is 5.92 Å². The number of piperidine rings is 1. The van der Waals surface area contributed by atoms with Crippen molar-refractivity contribution >= 4 is 44.0 Å². The Morgan fingerprint density at radius 3 is 2.64 bits per heavy atom. The number of anilines is 4. The van der Waals surface area contributed by atoms with Crippen LogP contribution in [0.2, 0.25) is 0 Å². The fourth-order valence-electron chi connectivity index (χ4n) is 5.45. The highest BCUT2D eigenvalue weighted by molar-refractivity contribution is 7.90. The van der Waals surface area contributed by atoms with E-state index in [-0.39, 0.29) is 36.6 Å². The fourth-order valence-corrected chi connectivity index (χ4v) is 6.61. The summed E-state index contributed by atoms with van der Waals surface area (Å²) < 4.78 is 38.0. The summed E-state index contributed by atoms with van der Waals surface area (Å²) in [6.45, 7) is 8.98. The number of fused-ring (bicyclic) bond motifs is 1. The Morgan fingerprint density at radius 2 is 1.97 bits per heavy atom. The van der Waals surface area contributed by atoms with Crippen LogP contribution in [0.1, 0.15) is 45.6 Å². The lowest BCUT2D eigenvalue weighted by Crippen LogP contribution is -2.57. The molecule has 4 heterocycles. The molecule has 5 rings (SSSR count). The van der Waals surface area contributed by atoms with Gasteiger partial charge in [0.25, 0.3) is 0 Å². The normalized spacial score (nSPS) is 25.7. The zero-order valence-electron chi connectivity index (χ0n) is 23.0. The van der Waals surface area contributed by atoms with Crippen molar-refractivity contribution in [2.45, 2.75) is 57.8 Å². The van der Waals surface area contributed by atoms with E-state index in [1.165, 1.54) is 25.1 Å². The first-order chi connectivity index (χ1) is 18.3. The highest BCUT2D eigenvalue weighted by atomic mass is 32.2. The van der Waals surface area contributed by atoms with Gasteiger partial charge in [0.1, 0.15) is 28.2 Å². The monoisotopic (exact) mass is 557 g/mol. The van der Waals surface area contributed by atoms with E-state index < -0.39 is 21.6 Å². The molecule has 2 aliphatic rings. The first-order valence-corrected chi connectivity index (χ1v) is 15.3. The number of rotatable bonds is 7. The van der Waals surface area contributed by atoms with Gasteiger partial charge in [-0.2, -0.15) is 4.98 Å². The number of aliphatic hydroxyl groups is 1. The number of sulfone groups is 1. The molecule has 0 unspecified atom stereocenters. The van der Waals surface area contributed by atoms with Crippen molar-refractivity contribution in [3.05, 3.63) is 36.3 Å². The first kappa shape index (κ1) is 27.4. The standard InChI is InChI=1S/C27H36FN7O3S/c1-16(2)19-6-7-22(35-12-18(17(35)3)14-39(5,37)38)21-11-29-24(10-20(19)21)32-25-30-15-31-26(33-25)34-9-8-27(4,36)23(28)13-34/h6-7,10-11,15-18,23,36H,8-9,12-14H2,1-5H3,(H,29,30,31,32,33)/t17-,18-,23+,27-/m1/s1. The highest BCUT2D eigenvalue weighted by Crippen LogP contribution is 2.39. The van der Waals surface area contributed by atoms with Crippen LogP contribution in [0, 0.1) is 5.92 Å². The Bertz CT molecular complexity index is 1480. The fraction of sp³-hybridized carbons (Fsp3) is 0.556. The molecule has 0 amide bonds. The Balaban J connectivity index is 1.40. The molecule has 2 N–H and O–H groups in total. The van der Waals surface area contributed by atoms with E-state index in [9.17, 15) is 17.9 Å². The van der Waals surface area contributed by atoms with E-state index in [1.807, 2.05) is 12.3 Å². The maximum atomic E-state index is 14.4. The number of benzene rings is 1. The summed E-state index contributed by atoms with van der Waals surface area (Å²) >= 11 is 0. The molecule has 10 nitrogen and oxygen atoms in total. The molecule has 2 saturated heterocycles. The molecule has 2 fully saturated rings. The molecule has 1 aromatic carbocycles. The summed E-state index contributed by atoms with van der Waals surface area (Å²) in [5.41, 5.74) is 0.857. The Labute approximate surface area is 228 Å². The lowest BCUT2D eigenvalue weighted by Gasteiger charge is -2.48. The van der Waals surface area contributed by atoms with Gasteiger partial charge in [-0.3, -0.25) is 0 Å². The minimum absolute atomic E-state index is 0.00513. The number of halogens is 1. The van der Waals surface area contributed by atoms with Crippen molar-refractivity contribution in [3.8, 4) is 0 Å². The third kappa shape index (κ3) is 5.62. The van der Waals surface area contributed by atoms with Gasteiger partial charge in [0.05, 0.1) is 17.9 Å². The lowest BCUT2D eigenvalue weighted by atomic mass is 9.88. The molecule has 210 valence electrons. The van der Waals surface area contributed by atoms with Gasteiger partial charge in [0.15, 0.2) is 0 Å². The minimum atomic E-state index is -3.03. The molecular formula is C27H36FN7O3S. The van der Waals surface area contributed by atoms with Gasteiger partial charge >= 0.3 is 0 Å². The molecule has 0 aliphatic carbocycles. The number of pyridine rings is 1. The minimum Gasteiger partial charge on any atom is -0.387 e. The number of hydrogen-bond donors (Lipinski definition) is 2. The maximum Gasteiger partial charge on any atom is 0.233 e. The summed E-state index contributed by atoms with van der Waals surface area (Å²) in [5.74, 6) is 1.77. The van der Waals surface area contributed by atoms with Gasteiger partial charge in [-0.05, 0) is 49.3 Å².